The van der Waals surface area contributed by atoms with Gasteiger partial charge < -0.3 is 14.8 Å². The molecule has 0 fully saturated rings. The van der Waals surface area contributed by atoms with Crippen LogP contribution in [-0.4, -0.2) is 19.6 Å². The Balaban J connectivity index is 1.60. The predicted molar refractivity (Wildman–Crippen MR) is 115 cm³/mol. The molecule has 0 saturated heterocycles. The molecule has 0 unspecified atom stereocenters. The van der Waals surface area contributed by atoms with Gasteiger partial charge in [-0.25, -0.2) is 9.52 Å². The van der Waals surface area contributed by atoms with E-state index in [4.69, 9.17) is 4.42 Å². The van der Waals surface area contributed by atoms with Gasteiger partial charge in [0.1, 0.15) is 0 Å². The Morgan fingerprint density at radius 3 is 2.70 bits per heavy atom. The first kappa shape index (κ1) is 20.6. The molecule has 0 saturated carbocycles. The lowest BCUT2D eigenvalue weighted by Gasteiger charge is -2.15. The molecule has 4 rings (SSSR count). The van der Waals surface area contributed by atoms with Gasteiger partial charge in [0.15, 0.2) is 0 Å². The van der Waals surface area contributed by atoms with Crippen molar-refractivity contribution in [2.24, 2.45) is 0 Å². The van der Waals surface area contributed by atoms with Gasteiger partial charge in [0.25, 0.3) is 10.0 Å². The fraction of sp³-hybridized carbons (Fsp3) is 0.286. The summed E-state index contributed by atoms with van der Waals surface area (Å²) >= 11 is 1.55. The van der Waals surface area contributed by atoms with Crippen LogP contribution in [0.4, 0.5) is 10.5 Å². The highest BCUT2D eigenvalue weighted by molar-refractivity contribution is 7.89. The number of aryl methyl sites for hydroxylation is 1. The van der Waals surface area contributed by atoms with Crippen LogP contribution in [0.5, 0.6) is 0 Å². The Hall–Kier alpha value is -2.62. The van der Waals surface area contributed by atoms with E-state index in [1.807, 2.05) is 28.3 Å². The van der Waals surface area contributed by atoms with Gasteiger partial charge in [-0.3, -0.25) is 0 Å². The summed E-state index contributed by atoms with van der Waals surface area (Å²) in [6, 6.07) is 8.25. The Morgan fingerprint density at radius 1 is 1.23 bits per heavy atom. The number of sulfonamides is 1. The monoisotopic (exact) mass is 446 g/mol. The van der Waals surface area contributed by atoms with Gasteiger partial charge in [0.05, 0.1) is 17.6 Å². The maximum absolute atomic E-state index is 12.6. The molecule has 2 amide bonds. The van der Waals surface area contributed by atoms with Crippen LogP contribution in [-0.2, 0) is 28.5 Å². The predicted octanol–water partition coefficient (Wildman–Crippen LogP) is 4.23. The topological polar surface area (TPSA) is 109 Å². The first-order chi connectivity index (χ1) is 14.1. The summed E-state index contributed by atoms with van der Waals surface area (Å²) in [5, 5.41) is 14.3. The fourth-order valence-electron chi connectivity index (χ4n) is 3.54. The maximum atomic E-state index is 12.6. The molecule has 1 aliphatic carbocycles. The molecule has 1 aromatic carbocycles. The van der Waals surface area contributed by atoms with Gasteiger partial charge >= 0.3 is 6.03 Å². The van der Waals surface area contributed by atoms with Crippen molar-refractivity contribution in [1.82, 2.24) is 4.72 Å². The van der Waals surface area contributed by atoms with Crippen molar-refractivity contribution in [3.8, 4) is 10.4 Å². The number of fused-ring (bicyclic) bond motifs is 1. The lowest BCUT2D eigenvalue weighted by molar-refractivity contribution is 0.0779. The van der Waals surface area contributed by atoms with E-state index in [0.717, 1.165) is 47.1 Å². The van der Waals surface area contributed by atoms with Gasteiger partial charge in [-0.05, 0) is 55.7 Å². The van der Waals surface area contributed by atoms with Crippen LogP contribution in [0.1, 0.15) is 37.0 Å². The molecule has 9 heteroatoms. The van der Waals surface area contributed by atoms with Gasteiger partial charge in [-0.15, -0.1) is 11.3 Å². The third kappa shape index (κ3) is 4.00. The highest BCUT2D eigenvalue weighted by Crippen LogP contribution is 2.39. The molecule has 0 aliphatic heterocycles. The van der Waals surface area contributed by atoms with Crippen LogP contribution in [0.2, 0.25) is 0 Å². The van der Waals surface area contributed by atoms with E-state index < -0.39 is 26.7 Å². The van der Waals surface area contributed by atoms with Crippen molar-refractivity contribution in [2.75, 3.05) is 5.32 Å². The number of carbonyl (C=O) groups is 1. The summed E-state index contributed by atoms with van der Waals surface area (Å²) in [4.78, 5) is 13.6. The van der Waals surface area contributed by atoms with E-state index in [0.29, 0.717) is 11.3 Å². The molecule has 0 atom stereocenters. The first-order valence-corrected chi connectivity index (χ1v) is 11.9. The smallest absolute Gasteiger partial charge is 0.333 e. The third-order valence-electron chi connectivity index (χ3n) is 5.08. The van der Waals surface area contributed by atoms with Crippen LogP contribution < -0.4 is 10.0 Å². The largest absolute Gasteiger partial charge is 0.451 e. The van der Waals surface area contributed by atoms with Gasteiger partial charge in [-0.1, -0.05) is 18.2 Å². The number of hydrogen-bond acceptors (Lipinski definition) is 6. The van der Waals surface area contributed by atoms with Crippen molar-refractivity contribution in [1.29, 1.82) is 0 Å². The Bertz CT molecular complexity index is 1190. The minimum absolute atomic E-state index is 0.296. The van der Waals surface area contributed by atoms with Gasteiger partial charge in [0, 0.05) is 22.1 Å². The van der Waals surface area contributed by atoms with Crippen molar-refractivity contribution >= 4 is 33.1 Å². The molecule has 3 aromatic rings. The Morgan fingerprint density at radius 2 is 2.03 bits per heavy atom. The van der Waals surface area contributed by atoms with E-state index >= 15 is 0 Å². The zero-order chi connectivity index (χ0) is 21.5. The summed E-state index contributed by atoms with van der Waals surface area (Å²) in [7, 11) is -4.24. The van der Waals surface area contributed by atoms with Crippen LogP contribution in [0.25, 0.3) is 10.4 Å². The molecular formula is C21H22N2O5S2. The summed E-state index contributed by atoms with van der Waals surface area (Å²) in [5.74, 6) is 0. The number of furan rings is 1. The molecular weight excluding hydrogens is 424 g/mol. The summed E-state index contributed by atoms with van der Waals surface area (Å²) in [6.07, 6.45) is 3.90. The second kappa shape index (κ2) is 7.57. The molecule has 2 aromatic heterocycles. The second-order valence-corrected chi connectivity index (χ2v) is 10.3. The highest BCUT2D eigenvalue weighted by Gasteiger charge is 2.27. The average molecular weight is 447 g/mol. The summed E-state index contributed by atoms with van der Waals surface area (Å²) < 4.78 is 32.2. The molecule has 2 heterocycles. The molecule has 3 N–H and O–H groups in total. The van der Waals surface area contributed by atoms with Crippen LogP contribution in [0, 0.1) is 0 Å². The van der Waals surface area contributed by atoms with E-state index in [1.165, 1.54) is 19.9 Å². The zero-order valence-electron chi connectivity index (χ0n) is 16.6. The number of amides is 2. The van der Waals surface area contributed by atoms with Gasteiger partial charge in [0.2, 0.25) is 5.09 Å². The zero-order valence-corrected chi connectivity index (χ0v) is 18.2. The molecule has 7 nitrogen and oxygen atoms in total. The number of benzene rings is 1. The van der Waals surface area contributed by atoms with E-state index in [2.05, 4.69) is 11.4 Å². The number of nitrogens with one attached hydrogen (secondary N) is 2. The number of hydrogen-bond donors (Lipinski definition) is 3. The molecule has 0 bridgehead atoms. The molecule has 1 aliphatic rings. The summed E-state index contributed by atoms with van der Waals surface area (Å²) in [5.41, 5.74) is 2.73. The minimum Gasteiger partial charge on any atom is -0.451 e. The SMILES string of the molecule is CC(C)(O)c1coc(S(=O)(=O)NC(=O)Nc2c(-c3cccs3)ccc3c2CCC3)c1. The first-order valence-electron chi connectivity index (χ1n) is 9.49. The number of anilines is 1. The van der Waals surface area contributed by atoms with E-state index in [9.17, 15) is 18.3 Å². The Labute approximate surface area is 178 Å². The number of thiophene rings is 1. The number of urea groups is 1. The maximum Gasteiger partial charge on any atom is 0.333 e. The highest BCUT2D eigenvalue weighted by atomic mass is 32.2. The number of aliphatic hydroxyl groups is 1. The van der Waals surface area contributed by atoms with Gasteiger partial charge in [-0.2, -0.15) is 8.42 Å². The van der Waals surface area contributed by atoms with Crippen molar-refractivity contribution < 1.29 is 22.7 Å². The number of rotatable bonds is 5. The minimum atomic E-state index is -4.24. The third-order valence-corrected chi connectivity index (χ3v) is 7.18. The van der Waals surface area contributed by atoms with Crippen LogP contribution in [0.15, 0.2) is 51.5 Å². The number of carbonyl (C=O) groups excluding carboxylic acids is 1. The van der Waals surface area contributed by atoms with Crippen LogP contribution in [0.3, 0.4) is 0 Å². The molecule has 158 valence electrons. The lowest BCUT2D eigenvalue weighted by atomic mass is 10.0. The molecule has 0 radical (unpaired) electrons. The molecule has 30 heavy (non-hydrogen) atoms. The standard InChI is InChI=1S/C21H22N2O5S2/c1-21(2,25)14-11-18(28-12-14)30(26,27)23-20(24)22-19-15-6-3-5-13(15)8-9-16(19)17-7-4-10-29-17/h4,7-12,25H,3,5-6H2,1-2H3,(H2,22,23,24). The van der Waals surface area contributed by atoms with E-state index in [-0.39, 0.29) is 0 Å². The molecule has 0 spiro atoms. The van der Waals surface area contributed by atoms with Crippen molar-refractivity contribution in [3.63, 3.8) is 0 Å². The Kier molecular flexibility index (Phi) is 5.21. The lowest BCUT2D eigenvalue weighted by Crippen LogP contribution is -2.34. The van der Waals surface area contributed by atoms with Crippen molar-refractivity contribution in [2.45, 2.75) is 43.8 Å². The van der Waals surface area contributed by atoms with Crippen LogP contribution >= 0.6 is 11.3 Å². The van der Waals surface area contributed by atoms with E-state index in [1.54, 1.807) is 11.3 Å². The normalized spacial score (nSPS) is 13.8. The second-order valence-electron chi connectivity index (χ2n) is 7.73. The summed E-state index contributed by atoms with van der Waals surface area (Å²) in [6.45, 7) is 3.02. The average Bonchev–Trinajstić information content (AvgIpc) is 3.41. The fourth-order valence-corrected chi connectivity index (χ4v) is 5.15. The quantitative estimate of drug-likeness (QED) is 0.543. The van der Waals surface area contributed by atoms with Crippen molar-refractivity contribution in [3.05, 3.63) is 58.7 Å².